The lowest BCUT2D eigenvalue weighted by atomic mass is 9.85. The molecule has 138 valence electrons. The van der Waals surface area contributed by atoms with Crippen LogP contribution in [0.15, 0.2) is 24.3 Å². The van der Waals surface area contributed by atoms with Crippen LogP contribution in [-0.2, 0) is 31.0 Å². The van der Waals surface area contributed by atoms with Gasteiger partial charge in [0.05, 0.1) is 24.5 Å². The lowest BCUT2D eigenvalue weighted by Crippen LogP contribution is -2.34. The smallest absolute Gasteiger partial charge is 0.223 e. The van der Waals surface area contributed by atoms with Crippen molar-refractivity contribution in [3.05, 3.63) is 52.6 Å². The number of nitrogens with zero attached hydrogens (tertiary/aromatic N) is 3. The number of nitrogens with one attached hydrogen (secondary N) is 1. The van der Waals surface area contributed by atoms with Gasteiger partial charge in [-0.15, -0.1) is 0 Å². The van der Waals surface area contributed by atoms with E-state index in [2.05, 4.69) is 21.4 Å². The third-order valence-corrected chi connectivity index (χ3v) is 5.48. The normalized spacial score (nSPS) is 17.6. The fourth-order valence-electron chi connectivity index (χ4n) is 3.66. The average Bonchev–Trinajstić information content (AvgIpc) is 2.97. The Morgan fingerprint density at radius 2 is 2.15 bits per heavy atom. The molecule has 1 fully saturated rings. The second-order valence-electron chi connectivity index (χ2n) is 7.49. The number of hydrogen-bond acceptors (Lipinski definition) is 3. The van der Waals surface area contributed by atoms with Gasteiger partial charge in [-0.1, -0.05) is 18.6 Å². The zero-order valence-corrected chi connectivity index (χ0v) is 15.2. The SMILES string of the molecule is Cc1cc(CN2CCn3nc(CNC(=O)C4CCC4)cc3C2)ccc1F. The summed E-state index contributed by atoms with van der Waals surface area (Å²) in [7, 11) is 0. The van der Waals surface area contributed by atoms with Crippen LogP contribution in [0.1, 0.15) is 41.8 Å². The Labute approximate surface area is 153 Å². The van der Waals surface area contributed by atoms with Crippen LogP contribution >= 0.6 is 0 Å². The van der Waals surface area contributed by atoms with Gasteiger partial charge >= 0.3 is 0 Å². The zero-order chi connectivity index (χ0) is 18.1. The molecule has 0 radical (unpaired) electrons. The predicted octanol–water partition coefficient (Wildman–Crippen LogP) is 2.76. The van der Waals surface area contributed by atoms with Gasteiger partial charge in [-0.25, -0.2) is 4.39 Å². The van der Waals surface area contributed by atoms with E-state index in [0.717, 1.165) is 50.3 Å². The van der Waals surface area contributed by atoms with Crippen LogP contribution in [0.25, 0.3) is 0 Å². The van der Waals surface area contributed by atoms with E-state index in [9.17, 15) is 9.18 Å². The summed E-state index contributed by atoms with van der Waals surface area (Å²) in [6.07, 6.45) is 3.20. The quantitative estimate of drug-likeness (QED) is 0.896. The largest absolute Gasteiger partial charge is 0.350 e. The molecule has 2 aromatic rings. The van der Waals surface area contributed by atoms with Gasteiger partial charge in [0.15, 0.2) is 0 Å². The lowest BCUT2D eigenvalue weighted by molar-refractivity contribution is -0.127. The maximum absolute atomic E-state index is 13.4. The van der Waals surface area contributed by atoms with Crippen molar-refractivity contribution < 1.29 is 9.18 Å². The minimum absolute atomic E-state index is 0.154. The van der Waals surface area contributed by atoms with E-state index in [1.54, 1.807) is 13.0 Å². The number of amides is 1. The molecular formula is C20H25FN4O. The molecular weight excluding hydrogens is 331 g/mol. The summed E-state index contributed by atoms with van der Waals surface area (Å²) in [6, 6.07) is 7.41. The minimum Gasteiger partial charge on any atom is -0.350 e. The number of carbonyl (C=O) groups is 1. The van der Waals surface area contributed by atoms with Crippen molar-refractivity contribution in [1.29, 1.82) is 0 Å². The van der Waals surface area contributed by atoms with Crippen molar-refractivity contribution in [3.63, 3.8) is 0 Å². The van der Waals surface area contributed by atoms with Crippen LogP contribution in [0.2, 0.25) is 0 Å². The molecule has 1 N–H and O–H groups in total. The van der Waals surface area contributed by atoms with Crippen LogP contribution in [0.4, 0.5) is 4.39 Å². The second kappa shape index (κ2) is 7.19. The molecule has 1 aromatic carbocycles. The molecule has 0 bridgehead atoms. The summed E-state index contributed by atoms with van der Waals surface area (Å²) in [5, 5.41) is 7.63. The second-order valence-corrected chi connectivity index (χ2v) is 7.49. The number of benzene rings is 1. The molecule has 1 aliphatic carbocycles. The number of aromatic nitrogens is 2. The van der Waals surface area contributed by atoms with E-state index < -0.39 is 0 Å². The predicted molar refractivity (Wildman–Crippen MR) is 96.7 cm³/mol. The Morgan fingerprint density at radius 1 is 1.31 bits per heavy atom. The topological polar surface area (TPSA) is 50.2 Å². The maximum Gasteiger partial charge on any atom is 0.223 e. The van der Waals surface area contributed by atoms with E-state index in [0.29, 0.717) is 12.1 Å². The Bertz CT molecular complexity index is 812. The molecule has 0 spiro atoms. The first-order chi connectivity index (χ1) is 12.6. The zero-order valence-electron chi connectivity index (χ0n) is 15.2. The fourth-order valence-corrected chi connectivity index (χ4v) is 3.66. The fraction of sp³-hybridized carbons (Fsp3) is 0.500. The number of rotatable bonds is 5. The van der Waals surface area contributed by atoms with Gasteiger partial charge in [0.25, 0.3) is 0 Å². The van der Waals surface area contributed by atoms with Crippen molar-refractivity contribution >= 4 is 5.91 Å². The molecule has 0 unspecified atom stereocenters. The Hall–Kier alpha value is -2.21. The minimum atomic E-state index is -0.154. The molecule has 26 heavy (non-hydrogen) atoms. The Morgan fingerprint density at radius 3 is 2.88 bits per heavy atom. The first kappa shape index (κ1) is 17.2. The molecule has 0 saturated heterocycles. The van der Waals surface area contributed by atoms with Crippen molar-refractivity contribution in [2.75, 3.05) is 6.54 Å². The van der Waals surface area contributed by atoms with E-state index in [-0.39, 0.29) is 17.6 Å². The molecule has 5 nitrogen and oxygen atoms in total. The van der Waals surface area contributed by atoms with Crippen LogP contribution in [-0.4, -0.2) is 27.1 Å². The highest BCUT2D eigenvalue weighted by atomic mass is 19.1. The number of halogens is 1. The van der Waals surface area contributed by atoms with Gasteiger partial charge in [-0.3, -0.25) is 14.4 Å². The van der Waals surface area contributed by atoms with Crippen LogP contribution in [0.3, 0.4) is 0 Å². The van der Waals surface area contributed by atoms with E-state index in [1.807, 2.05) is 16.8 Å². The third kappa shape index (κ3) is 3.65. The molecule has 1 aromatic heterocycles. The number of fused-ring (bicyclic) bond motifs is 1. The molecule has 6 heteroatoms. The highest BCUT2D eigenvalue weighted by Crippen LogP contribution is 2.26. The summed E-state index contributed by atoms with van der Waals surface area (Å²) in [6.45, 7) is 5.69. The molecule has 4 rings (SSSR count). The van der Waals surface area contributed by atoms with Gasteiger partial charge in [0, 0.05) is 25.6 Å². The maximum atomic E-state index is 13.4. The molecule has 1 amide bonds. The molecule has 2 aliphatic rings. The average molecular weight is 356 g/mol. The molecule has 1 saturated carbocycles. The number of hydrogen-bond donors (Lipinski definition) is 1. The number of aryl methyl sites for hydroxylation is 1. The van der Waals surface area contributed by atoms with Crippen molar-refractivity contribution in [2.24, 2.45) is 5.92 Å². The van der Waals surface area contributed by atoms with Crippen LogP contribution in [0.5, 0.6) is 0 Å². The molecule has 1 aliphatic heterocycles. The first-order valence-corrected chi connectivity index (χ1v) is 9.39. The first-order valence-electron chi connectivity index (χ1n) is 9.39. The summed E-state index contributed by atoms with van der Waals surface area (Å²) in [5.74, 6) is 0.219. The summed E-state index contributed by atoms with van der Waals surface area (Å²) in [4.78, 5) is 14.3. The molecule has 0 atom stereocenters. The van der Waals surface area contributed by atoms with Gasteiger partial charge in [0.2, 0.25) is 5.91 Å². The van der Waals surface area contributed by atoms with Crippen molar-refractivity contribution in [1.82, 2.24) is 20.0 Å². The van der Waals surface area contributed by atoms with Crippen molar-refractivity contribution in [3.8, 4) is 0 Å². The van der Waals surface area contributed by atoms with Crippen molar-refractivity contribution in [2.45, 2.75) is 52.4 Å². The highest BCUT2D eigenvalue weighted by molar-refractivity contribution is 5.79. The third-order valence-electron chi connectivity index (χ3n) is 5.48. The lowest BCUT2D eigenvalue weighted by Gasteiger charge is -2.27. The van der Waals surface area contributed by atoms with Crippen LogP contribution in [0, 0.1) is 18.7 Å². The Balaban J connectivity index is 1.35. The monoisotopic (exact) mass is 356 g/mol. The van der Waals surface area contributed by atoms with Gasteiger partial charge in [-0.05, 0) is 43.0 Å². The van der Waals surface area contributed by atoms with Gasteiger partial charge < -0.3 is 5.32 Å². The van der Waals surface area contributed by atoms with E-state index in [1.165, 1.54) is 12.1 Å². The standard InChI is InChI=1S/C20H25FN4O/c1-14-9-15(5-6-19(14)21)12-24-7-8-25-18(13-24)10-17(23-25)11-22-20(26)16-3-2-4-16/h5-6,9-10,16H,2-4,7-8,11-13H2,1H3,(H,22,26). The van der Waals surface area contributed by atoms with Gasteiger partial charge in [0.1, 0.15) is 5.82 Å². The van der Waals surface area contributed by atoms with E-state index >= 15 is 0 Å². The summed E-state index contributed by atoms with van der Waals surface area (Å²) >= 11 is 0. The van der Waals surface area contributed by atoms with Crippen LogP contribution < -0.4 is 5.32 Å². The van der Waals surface area contributed by atoms with E-state index in [4.69, 9.17) is 0 Å². The van der Waals surface area contributed by atoms with Gasteiger partial charge in [-0.2, -0.15) is 5.10 Å². The molecule has 2 heterocycles. The Kier molecular flexibility index (Phi) is 4.76. The number of carbonyl (C=O) groups excluding carboxylic acids is 1. The summed E-state index contributed by atoms with van der Waals surface area (Å²) < 4.78 is 15.5. The summed E-state index contributed by atoms with van der Waals surface area (Å²) in [5.41, 5.74) is 3.91. The highest BCUT2D eigenvalue weighted by Gasteiger charge is 2.25.